The lowest BCUT2D eigenvalue weighted by atomic mass is 10.1. The molecule has 0 fully saturated rings. The van der Waals surface area contributed by atoms with Gasteiger partial charge in [0.2, 0.25) is 0 Å². The van der Waals surface area contributed by atoms with E-state index in [1.807, 2.05) is 12.1 Å². The molecular weight excluding hydrogens is 342 g/mol. The topological polar surface area (TPSA) is 96.9 Å². The molecule has 0 radical (unpaired) electrons. The van der Waals surface area contributed by atoms with Crippen molar-refractivity contribution < 1.29 is 9.59 Å². The molecule has 3 rings (SSSR count). The molecule has 0 aliphatic heterocycles. The highest BCUT2D eigenvalue weighted by molar-refractivity contribution is 6.03. The molecule has 3 aromatic rings. The summed E-state index contributed by atoms with van der Waals surface area (Å²) in [5, 5.41) is 5.95. The lowest BCUT2D eigenvalue weighted by Gasteiger charge is -2.09. The van der Waals surface area contributed by atoms with Crippen molar-refractivity contribution in [1.29, 1.82) is 0 Å². The summed E-state index contributed by atoms with van der Waals surface area (Å²) in [6.45, 7) is 3.77. The van der Waals surface area contributed by atoms with Gasteiger partial charge in [0.05, 0.1) is 0 Å². The molecule has 136 valence electrons. The minimum Gasteiger partial charge on any atom is -0.366 e. The second-order valence-corrected chi connectivity index (χ2v) is 5.99. The number of anilines is 2. The maximum absolute atomic E-state index is 12.5. The molecule has 0 aliphatic carbocycles. The van der Waals surface area contributed by atoms with E-state index in [0.29, 0.717) is 29.4 Å². The molecule has 0 saturated carbocycles. The molecular formula is C20H19N5O2. The first kappa shape index (κ1) is 18.2. The number of aryl methyl sites for hydroxylation is 1. The van der Waals surface area contributed by atoms with Gasteiger partial charge in [-0.3, -0.25) is 14.6 Å². The number of aromatic nitrogens is 3. The van der Waals surface area contributed by atoms with E-state index in [4.69, 9.17) is 0 Å². The third-order valence-corrected chi connectivity index (χ3v) is 3.82. The second-order valence-electron chi connectivity index (χ2n) is 5.99. The number of hydrogen-bond donors (Lipinski definition) is 2. The summed E-state index contributed by atoms with van der Waals surface area (Å²) in [6.07, 6.45) is 3.48. The minimum absolute atomic E-state index is 0.0244. The number of pyridine rings is 1. The molecule has 0 bridgehead atoms. The predicted molar refractivity (Wildman–Crippen MR) is 103 cm³/mol. The number of carbonyl (C=O) groups excluding carboxylic acids is 2. The number of Topliss-reactive ketones (excluding diaryl/α,β-unsaturated/α-hetero) is 1. The first-order valence-electron chi connectivity index (χ1n) is 8.42. The van der Waals surface area contributed by atoms with Crippen LogP contribution in [0.2, 0.25) is 0 Å². The minimum atomic E-state index is -0.347. The van der Waals surface area contributed by atoms with Crippen molar-refractivity contribution in [2.75, 3.05) is 10.6 Å². The molecule has 0 atom stereocenters. The first-order chi connectivity index (χ1) is 13.0. The molecule has 27 heavy (non-hydrogen) atoms. The predicted octanol–water partition coefficient (Wildman–Crippen LogP) is 3.25. The van der Waals surface area contributed by atoms with Crippen LogP contribution in [0.5, 0.6) is 0 Å². The average molecular weight is 361 g/mol. The molecule has 2 N–H and O–H groups in total. The zero-order valence-electron chi connectivity index (χ0n) is 15.1. The number of nitrogens with zero attached hydrogens (tertiary/aromatic N) is 3. The molecule has 1 aromatic carbocycles. The Bertz CT molecular complexity index is 956. The molecule has 2 heterocycles. The molecule has 0 aliphatic rings. The Hall–Kier alpha value is -3.61. The average Bonchev–Trinajstić information content (AvgIpc) is 2.67. The van der Waals surface area contributed by atoms with Gasteiger partial charge in [-0.2, -0.15) is 0 Å². The summed E-state index contributed by atoms with van der Waals surface area (Å²) >= 11 is 0. The van der Waals surface area contributed by atoms with Crippen LogP contribution in [0.3, 0.4) is 0 Å². The zero-order valence-corrected chi connectivity index (χ0v) is 15.1. The van der Waals surface area contributed by atoms with Gasteiger partial charge in [-0.05, 0) is 49.7 Å². The fourth-order valence-electron chi connectivity index (χ4n) is 2.45. The van der Waals surface area contributed by atoms with Crippen LogP contribution in [0, 0.1) is 6.92 Å². The second kappa shape index (κ2) is 8.18. The Labute approximate surface area is 156 Å². The smallest absolute Gasteiger partial charge is 0.274 e. The number of rotatable bonds is 6. The van der Waals surface area contributed by atoms with Gasteiger partial charge >= 0.3 is 0 Å². The Morgan fingerprint density at radius 2 is 1.85 bits per heavy atom. The maximum atomic E-state index is 12.5. The van der Waals surface area contributed by atoms with Gasteiger partial charge in [0.25, 0.3) is 5.91 Å². The third-order valence-electron chi connectivity index (χ3n) is 3.82. The highest BCUT2D eigenvalue weighted by Gasteiger charge is 2.11. The normalized spacial score (nSPS) is 10.3. The molecule has 7 heteroatoms. The Morgan fingerprint density at radius 3 is 2.52 bits per heavy atom. The van der Waals surface area contributed by atoms with E-state index in [-0.39, 0.29) is 17.4 Å². The van der Waals surface area contributed by atoms with Crippen LogP contribution in [0.1, 0.15) is 39.2 Å². The molecule has 7 nitrogen and oxygen atoms in total. The Balaban J connectivity index is 1.70. The van der Waals surface area contributed by atoms with Crippen LogP contribution >= 0.6 is 0 Å². The number of benzene rings is 1. The van der Waals surface area contributed by atoms with Gasteiger partial charge in [0, 0.05) is 36.3 Å². The Morgan fingerprint density at radius 1 is 1.07 bits per heavy atom. The fourth-order valence-corrected chi connectivity index (χ4v) is 2.45. The Kier molecular flexibility index (Phi) is 5.51. The molecule has 1 amide bonds. The summed E-state index contributed by atoms with van der Waals surface area (Å²) < 4.78 is 0. The van der Waals surface area contributed by atoms with Crippen molar-refractivity contribution in [3.63, 3.8) is 0 Å². The number of carbonyl (C=O) groups is 2. The van der Waals surface area contributed by atoms with E-state index in [9.17, 15) is 9.59 Å². The summed E-state index contributed by atoms with van der Waals surface area (Å²) in [5.41, 5.74) is 2.44. The van der Waals surface area contributed by atoms with Crippen molar-refractivity contribution in [1.82, 2.24) is 15.0 Å². The lowest BCUT2D eigenvalue weighted by molar-refractivity contribution is 0.101. The van der Waals surface area contributed by atoms with Crippen molar-refractivity contribution in [2.24, 2.45) is 0 Å². The van der Waals surface area contributed by atoms with Crippen LogP contribution < -0.4 is 10.6 Å². The van der Waals surface area contributed by atoms with Gasteiger partial charge in [-0.1, -0.05) is 6.07 Å². The van der Waals surface area contributed by atoms with Crippen molar-refractivity contribution in [3.8, 4) is 0 Å². The number of amides is 1. The van der Waals surface area contributed by atoms with Crippen molar-refractivity contribution in [2.45, 2.75) is 20.4 Å². The number of ketones is 1. The van der Waals surface area contributed by atoms with Gasteiger partial charge in [0.1, 0.15) is 17.3 Å². The monoisotopic (exact) mass is 361 g/mol. The SMILES string of the molecule is CC(=O)c1ccc(NC(=O)c2cc(NCc3cccnc3)nc(C)n2)cc1. The van der Waals surface area contributed by atoms with Crippen molar-refractivity contribution >= 4 is 23.2 Å². The summed E-state index contributed by atoms with van der Waals surface area (Å²) in [7, 11) is 0. The molecule has 0 saturated heterocycles. The molecule has 0 unspecified atom stereocenters. The molecule has 2 aromatic heterocycles. The highest BCUT2D eigenvalue weighted by Crippen LogP contribution is 2.13. The lowest BCUT2D eigenvalue weighted by Crippen LogP contribution is -2.16. The van der Waals surface area contributed by atoms with E-state index in [1.165, 1.54) is 6.92 Å². The van der Waals surface area contributed by atoms with E-state index in [2.05, 4.69) is 25.6 Å². The van der Waals surface area contributed by atoms with Gasteiger partial charge in [-0.25, -0.2) is 9.97 Å². The van der Waals surface area contributed by atoms with Crippen LogP contribution in [0.4, 0.5) is 11.5 Å². The largest absolute Gasteiger partial charge is 0.366 e. The standard InChI is InChI=1S/C20H19N5O2/c1-13(26)16-5-7-17(8-6-16)25-20(27)18-10-19(24-14(2)23-18)22-12-15-4-3-9-21-11-15/h3-11H,12H2,1-2H3,(H,25,27)(H,22,23,24). The number of hydrogen-bond acceptors (Lipinski definition) is 6. The zero-order chi connectivity index (χ0) is 19.2. The van der Waals surface area contributed by atoms with E-state index >= 15 is 0 Å². The van der Waals surface area contributed by atoms with Crippen LogP contribution in [-0.4, -0.2) is 26.6 Å². The number of nitrogens with one attached hydrogen (secondary N) is 2. The van der Waals surface area contributed by atoms with Gasteiger partial charge < -0.3 is 10.6 Å². The quantitative estimate of drug-likeness (QED) is 0.654. The molecule has 0 spiro atoms. The maximum Gasteiger partial charge on any atom is 0.274 e. The van der Waals surface area contributed by atoms with E-state index < -0.39 is 0 Å². The summed E-state index contributed by atoms with van der Waals surface area (Å²) in [6, 6.07) is 12.1. The van der Waals surface area contributed by atoms with Crippen LogP contribution in [-0.2, 0) is 6.54 Å². The summed E-state index contributed by atoms with van der Waals surface area (Å²) in [5.74, 6) is 0.677. The summed E-state index contributed by atoms with van der Waals surface area (Å²) in [4.78, 5) is 36.4. The first-order valence-corrected chi connectivity index (χ1v) is 8.42. The van der Waals surface area contributed by atoms with Gasteiger partial charge in [0.15, 0.2) is 5.78 Å². The van der Waals surface area contributed by atoms with Crippen LogP contribution in [0.25, 0.3) is 0 Å². The van der Waals surface area contributed by atoms with Crippen LogP contribution in [0.15, 0.2) is 54.9 Å². The van der Waals surface area contributed by atoms with Crippen molar-refractivity contribution in [3.05, 3.63) is 77.5 Å². The van der Waals surface area contributed by atoms with Gasteiger partial charge in [-0.15, -0.1) is 0 Å². The van der Waals surface area contributed by atoms with E-state index in [0.717, 1.165) is 5.56 Å². The fraction of sp³-hybridized carbons (Fsp3) is 0.150. The van der Waals surface area contributed by atoms with E-state index in [1.54, 1.807) is 49.6 Å². The third kappa shape index (κ3) is 4.94. The highest BCUT2D eigenvalue weighted by atomic mass is 16.2.